The third-order valence-electron chi connectivity index (χ3n) is 2.12. The van der Waals surface area contributed by atoms with Crippen molar-refractivity contribution in [2.24, 2.45) is 0 Å². The molecule has 4 heteroatoms. The van der Waals surface area contributed by atoms with E-state index in [0.717, 1.165) is 11.0 Å². The first-order valence-electron chi connectivity index (χ1n) is 4.73. The van der Waals surface area contributed by atoms with Gasteiger partial charge in [0.05, 0.1) is 12.5 Å². The van der Waals surface area contributed by atoms with Crippen LogP contribution in [0.4, 0.5) is 0 Å². The number of hydrogen-bond acceptors (Lipinski definition) is 2. The quantitative estimate of drug-likeness (QED) is 0.565. The molecule has 0 spiro atoms. The van der Waals surface area contributed by atoms with E-state index in [4.69, 9.17) is 4.42 Å². The fourth-order valence-electron chi connectivity index (χ4n) is 1.45. The SMILES string of the molecule is C[S+](C)CC(=O)c1cc2ccccc2o1.[Br-]. The van der Waals surface area contributed by atoms with Crippen molar-refractivity contribution in [3.63, 3.8) is 0 Å². The van der Waals surface area contributed by atoms with Crippen LogP contribution < -0.4 is 17.0 Å². The van der Waals surface area contributed by atoms with Crippen LogP contribution in [0.5, 0.6) is 0 Å². The molecular weight excluding hydrogens is 288 g/mol. The summed E-state index contributed by atoms with van der Waals surface area (Å²) in [6.45, 7) is 0. The predicted octanol–water partition coefficient (Wildman–Crippen LogP) is -0.503. The van der Waals surface area contributed by atoms with E-state index in [2.05, 4.69) is 12.5 Å². The fourth-order valence-corrected chi connectivity index (χ4v) is 2.12. The Morgan fingerprint density at radius 3 is 2.62 bits per heavy atom. The van der Waals surface area contributed by atoms with Crippen LogP contribution in [0.2, 0.25) is 0 Å². The molecule has 0 aliphatic rings. The van der Waals surface area contributed by atoms with Gasteiger partial charge in [-0.3, -0.25) is 4.79 Å². The summed E-state index contributed by atoms with van der Waals surface area (Å²) < 4.78 is 5.49. The monoisotopic (exact) mass is 300 g/mol. The molecule has 2 aromatic rings. The van der Waals surface area contributed by atoms with Crippen molar-refractivity contribution in [3.05, 3.63) is 36.1 Å². The van der Waals surface area contributed by atoms with Crippen LogP contribution in [-0.2, 0) is 10.9 Å². The normalized spacial score (nSPS) is 10.4. The van der Waals surface area contributed by atoms with Gasteiger partial charge in [-0.15, -0.1) is 0 Å². The van der Waals surface area contributed by atoms with Gasteiger partial charge in [0.15, 0.2) is 11.5 Å². The second-order valence-corrected chi connectivity index (χ2v) is 5.96. The van der Waals surface area contributed by atoms with Crippen LogP contribution in [0.25, 0.3) is 11.0 Å². The summed E-state index contributed by atoms with van der Waals surface area (Å²) in [6, 6.07) is 9.50. The predicted molar refractivity (Wildman–Crippen MR) is 64.6 cm³/mol. The van der Waals surface area contributed by atoms with E-state index < -0.39 is 0 Å². The Labute approximate surface area is 108 Å². The number of para-hydroxylation sites is 1. The Kier molecular flexibility index (Phi) is 4.62. The van der Waals surface area contributed by atoms with Crippen LogP contribution in [0.15, 0.2) is 34.7 Å². The van der Waals surface area contributed by atoms with Gasteiger partial charge >= 0.3 is 0 Å². The highest BCUT2D eigenvalue weighted by Gasteiger charge is 2.17. The van der Waals surface area contributed by atoms with Crippen LogP contribution in [0, 0.1) is 0 Å². The minimum atomic E-state index is 0. The Morgan fingerprint density at radius 2 is 2.00 bits per heavy atom. The molecule has 0 aliphatic heterocycles. The third-order valence-corrected chi connectivity index (χ3v) is 2.96. The van der Waals surface area contributed by atoms with E-state index in [-0.39, 0.29) is 33.7 Å². The number of rotatable bonds is 3. The van der Waals surface area contributed by atoms with Gasteiger partial charge in [-0.05, 0) is 23.0 Å². The van der Waals surface area contributed by atoms with Crippen LogP contribution in [-0.4, -0.2) is 24.0 Å². The molecule has 0 unspecified atom stereocenters. The zero-order chi connectivity index (χ0) is 10.8. The van der Waals surface area contributed by atoms with Crippen LogP contribution >= 0.6 is 0 Å². The molecule has 0 aliphatic carbocycles. The maximum atomic E-state index is 11.7. The molecule has 0 fully saturated rings. The topological polar surface area (TPSA) is 30.2 Å². The number of Topliss-reactive ketones (excluding diaryl/α,β-unsaturated/α-hetero) is 1. The van der Waals surface area contributed by atoms with Crippen molar-refractivity contribution in [1.82, 2.24) is 0 Å². The van der Waals surface area contributed by atoms with Gasteiger partial charge in [-0.1, -0.05) is 18.2 Å². The lowest BCUT2D eigenvalue weighted by molar-refractivity contribution is -0.0000111. The summed E-state index contributed by atoms with van der Waals surface area (Å²) in [4.78, 5) is 11.7. The number of ketones is 1. The highest BCUT2D eigenvalue weighted by atomic mass is 79.9. The minimum Gasteiger partial charge on any atom is -1.00 e. The molecule has 1 aromatic carbocycles. The summed E-state index contributed by atoms with van der Waals surface area (Å²) >= 11 is 0. The van der Waals surface area contributed by atoms with E-state index >= 15 is 0 Å². The van der Waals surface area contributed by atoms with Crippen molar-refractivity contribution < 1.29 is 26.2 Å². The molecule has 0 saturated heterocycles. The average Bonchev–Trinajstić information content (AvgIpc) is 2.59. The molecule has 0 amide bonds. The summed E-state index contributed by atoms with van der Waals surface area (Å²) in [7, 11) is 0.123. The van der Waals surface area contributed by atoms with Crippen LogP contribution in [0.1, 0.15) is 10.6 Å². The van der Waals surface area contributed by atoms with E-state index in [1.54, 1.807) is 0 Å². The summed E-state index contributed by atoms with van der Waals surface area (Å²) in [5.74, 6) is 1.15. The van der Waals surface area contributed by atoms with Gasteiger partial charge < -0.3 is 21.4 Å². The van der Waals surface area contributed by atoms with Gasteiger partial charge in [-0.2, -0.15) is 0 Å². The number of furan rings is 1. The molecule has 0 N–H and O–H groups in total. The fraction of sp³-hybridized carbons (Fsp3) is 0.250. The highest BCUT2D eigenvalue weighted by molar-refractivity contribution is 7.96. The largest absolute Gasteiger partial charge is 1.00 e. The number of benzene rings is 1. The van der Waals surface area contributed by atoms with Gasteiger partial charge in [0.1, 0.15) is 5.58 Å². The summed E-state index contributed by atoms with van der Waals surface area (Å²) in [5.41, 5.74) is 0.785. The Hall–Kier alpha value is -0.740. The molecule has 0 radical (unpaired) electrons. The molecule has 0 saturated carbocycles. The number of halogens is 1. The summed E-state index contributed by atoms with van der Waals surface area (Å²) in [5, 5.41) is 0.993. The number of hydrogen-bond donors (Lipinski definition) is 0. The van der Waals surface area contributed by atoms with E-state index in [0.29, 0.717) is 11.5 Å². The Morgan fingerprint density at radius 1 is 1.31 bits per heavy atom. The minimum absolute atomic E-state index is 0. The lowest BCUT2D eigenvalue weighted by Crippen LogP contribution is -3.00. The molecule has 16 heavy (non-hydrogen) atoms. The molecule has 1 aromatic heterocycles. The van der Waals surface area contributed by atoms with Crippen molar-refractivity contribution in [2.45, 2.75) is 0 Å². The maximum absolute atomic E-state index is 11.7. The first kappa shape index (κ1) is 13.3. The maximum Gasteiger partial charge on any atom is 0.246 e. The number of carbonyl (C=O) groups excluding carboxylic acids is 1. The van der Waals surface area contributed by atoms with Gasteiger partial charge in [0, 0.05) is 5.39 Å². The molecule has 0 atom stereocenters. The Balaban J connectivity index is 0.00000128. The second kappa shape index (κ2) is 5.55. The first-order valence-corrected chi connectivity index (χ1v) is 6.94. The molecule has 2 rings (SSSR count). The Bertz CT molecular complexity index is 457. The molecule has 1 heterocycles. The summed E-state index contributed by atoms with van der Waals surface area (Å²) in [6.07, 6.45) is 4.11. The molecular formula is C12H13BrO2S. The van der Waals surface area contributed by atoms with Crippen molar-refractivity contribution in [2.75, 3.05) is 18.3 Å². The van der Waals surface area contributed by atoms with Crippen LogP contribution in [0.3, 0.4) is 0 Å². The lowest BCUT2D eigenvalue weighted by Gasteiger charge is -1.93. The van der Waals surface area contributed by atoms with E-state index in [1.165, 1.54) is 0 Å². The van der Waals surface area contributed by atoms with Gasteiger partial charge in [0.2, 0.25) is 5.78 Å². The zero-order valence-corrected chi connectivity index (χ0v) is 11.6. The molecule has 86 valence electrons. The van der Waals surface area contributed by atoms with Crippen molar-refractivity contribution in [3.8, 4) is 0 Å². The average molecular weight is 301 g/mol. The number of fused-ring (bicyclic) bond motifs is 1. The van der Waals surface area contributed by atoms with Crippen molar-refractivity contribution >= 4 is 27.6 Å². The van der Waals surface area contributed by atoms with Gasteiger partial charge in [-0.25, -0.2) is 0 Å². The smallest absolute Gasteiger partial charge is 0.246 e. The number of carbonyl (C=O) groups is 1. The molecule has 0 bridgehead atoms. The lowest BCUT2D eigenvalue weighted by atomic mass is 10.2. The van der Waals surface area contributed by atoms with E-state index in [1.807, 2.05) is 30.3 Å². The van der Waals surface area contributed by atoms with Gasteiger partial charge in [0.25, 0.3) is 0 Å². The first-order chi connectivity index (χ1) is 7.16. The third kappa shape index (κ3) is 2.89. The zero-order valence-electron chi connectivity index (χ0n) is 9.20. The highest BCUT2D eigenvalue weighted by Crippen LogP contribution is 2.19. The standard InChI is InChI=1S/C12H13O2S.BrH/c1-15(2)8-10(13)12-7-9-5-3-4-6-11(9)14-12;/h3-7H,8H2,1-2H3;1H/q+1;/p-1. The molecule has 2 nitrogen and oxygen atoms in total. The van der Waals surface area contributed by atoms with Crippen molar-refractivity contribution in [1.29, 1.82) is 0 Å². The second-order valence-electron chi connectivity index (χ2n) is 3.70. The van der Waals surface area contributed by atoms with E-state index in [9.17, 15) is 4.79 Å².